The summed E-state index contributed by atoms with van der Waals surface area (Å²) in [6.45, 7) is 2.70. The summed E-state index contributed by atoms with van der Waals surface area (Å²) < 4.78 is 43.4. The van der Waals surface area contributed by atoms with Crippen molar-refractivity contribution in [2.45, 2.75) is 25.6 Å². The van der Waals surface area contributed by atoms with Gasteiger partial charge in [0.05, 0.1) is 18.0 Å². The number of ether oxygens (including phenoxy) is 1. The first-order valence-corrected chi connectivity index (χ1v) is 8.04. The summed E-state index contributed by atoms with van der Waals surface area (Å²) in [5.41, 5.74) is 0. The molecule has 0 fully saturated rings. The zero-order chi connectivity index (χ0) is 15.5. The molecule has 0 saturated carbocycles. The summed E-state index contributed by atoms with van der Waals surface area (Å²) in [4.78, 5) is 4.90. The van der Waals surface area contributed by atoms with Gasteiger partial charge in [0.15, 0.2) is 5.01 Å². The molecule has 0 aromatic carbocycles. The fourth-order valence-corrected chi connectivity index (χ4v) is 3.75. The van der Waals surface area contributed by atoms with Crippen molar-refractivity contribution in [1.82, 2.24) is 10.3 Å². The molecule has 0 spiro atoms. The SMILES string of the molecule is CCCNC(c1cnc(C(F)(F)F)s1)c1sccc1OC. The van der Waals surface area contributed by atoms with Gasteiger partial charge in [0.25, 0.3) is 0 Å². The standard InChI is InChI=1S/C13H15F3N2OS2/c1-3-5-17-10(11-8(19-2)4-6-20-11)9-7-18-12(21-9)13(14,15)16/h4,6-7,10,17H,3,5H2,1-2H3. The molecule has 2 aromatic rings. The van der Waals surface area contributed by atoms with Crippen molar-refractivity contribution in [2.75, 3.05) is 13.7 Å². The van der Waals surface area contributed by atoms with Gasteiger partial charge >= 0.3 is 6.18 Å². The van der Waals surface area contributed by atoms with Gasteiger partial charge in [-0.2, -0.15) is 13.2 Å². The Bertz CT molecular complexity index is 580. The van der Waals surface area contributed by atoms with Crippen LogP contribution in [0.3, 0.4) is 0 Å². The maximum atomic E-state index is 12.7. The van der Waals surface area contributed by atoms with Crippen molar-refractivity contribution in [3.63, 3.8) is 0 Å². The molecule has 1 unspecified atom stereocenters. The van der Waals surface area contributed by atoms with Crippen molar-refractivity contribution in [1.29, 1.82) is 0 Å². The van der Waals surface area contributed by atoms with E-state index in [4.69, 9.17) is 4.74 Å². The molecular weight excluding hydrogens is 321 g/mol. The van der Waals surface area contributed by atoms with Crippen molar-refractivity contribution < 1.29 is 17.9 Å². The fourth-order valence-electron chi connectivity index (χ4n) is 1.85. The molecule has 0 saturated heterocycles. The van der Waals surface area contributed by atoms with Crippen LogP contribution in [0, 0.1) is 0 Å². The number of rotatable bonds is 6. The molecule has 1 atom stereocenters. The molecule has 0 aliphatic carbocycles. The van der Waals surface area contributed by atoms with Gasteiger partial charge in [-0.3, -0.25) is 0 Å². The lowest BCUT2D eigenvalue weighted by Crippen LogP contribution is -2.22. The van der Waals surface area contributed by atoms with Gasteiger partial charge in [0.1, 0.15) is 5.75 Å². The molecule has 2 rings (SSSR count). The van der Waals surface area contributed by atoms with E-state index in [9.17, 15) is 13.2 Å². The molecule has 2 heterocycles. The Morgan fingerprint density at radius 1 is 1.43 bits per heavy atom. The average Bonchev–Trinajstić information content (AvgIpc) is 3.07. The molecule has 21 heavy (non-hydrogen) atoms. The van der Waals surface area contributed by atoms with E-state index >= 15 is 0 Å². The lowest BCUT2D eigenvalue weighted by molar-refractivity contribution is -0.137. The van der Waals surface area contributed by atoms with Crippen LogP contribution in [0.4, 0.5) is 13.2 Å². The first-order chi connectivity index (χ1) is 9.97. The number of aromatic nitrogens is 1. The molecule has 2 aromatic heterocycles. The highest BCUT2D eigenvalue weighted by Crippen LogP contribution is 2.40. The van der Waals surface area contributed by atoms with E-state index in [2.05, 4.69) is 10.3 Å². The van der Waals surface area contributed by atoms with Crippen molar-refractivity contribution in [3.8, 4) is 5.75 Å². The van der Waals surface area contributed by atoms with Gasteiger partial charge < -0.3 is 10.1 Å². The summed E-state index contributed by atoms with van der Waals surface area (Å²) in [5, 5.41) is 4.30. The van der Waals surface area contributed by atoms with E-state index in [-0.39, 0.29) is 6.04 Å². The van der Waals surface area contributed by atoms with Crippen LogP contribution in [0.1, 0.15) is 34.1 Å². The molecule has 0 bridgehead atoms. The molecule has 0 radical (unpaired) electrons. The van der Waals surface area contributed by atoms with Gasteiger partial charge in [0, 0.05) is 11.1 Å². The predicted octanol–water partition coefficient (Wildman–Crippen LogP) is 4.32. The Morgan fingerprint density at radius 3 is 2.76 bits per heavy atom. The summed E-state index contributed by atoms with van der Waals surface area (Å²) in [5.74, 6) is 0.676. The van der Waals surface area contributed by atoms with Crippen LogP contribution >= 0.6 is 22.7 Å². The van der Waals surface area contributed by atoms with Crippen LogP contribution in [0.5, 0.6) is 5.75 Å². The minimum absolute atomic E-state index is 0.325. The van der Waals surface area contributed by atoms with Crippen LogP contribution in [0.2, 0.25) is 0 Å². The van der Waals surface area contributed by atoms with E-state index in [1.165, 1.54) is 17.5 Å². The highest BCUT2D eigenvalue weighted by Gasteiger charge is 2.35. The third-order valence-electron chi connectivity index (χ3n) is 2.79. The lowest BCUT2D eigenvalue weighted by Gasteiger charge is -2.16. The number of thiophene rings is 1. The van der Waals surface area contributed by atoms with Crippen LogP contribution in [0.25, 0.3) is 0 Å². The van der Waals surface area contributed by atoms with Crippen LogP contribution in [-0.4, -0.2) is 18.6 Å². The molecule has 0 aliphatic rings. The number of methoxy groups -OCH3 is 1. The Morgan fingerprint density at radius 2 is 2.19 bits per heavy atom. The smallest absolute Gasteiger partial charge is 0.443 e. The van der Waals surface area contributed by atoms with Gasteiger partial charge in [-0.1, -0.05) is 6.92 Å². The molecule has 8 heteroatoms. The second kappa shape index (κ2) is 6.76. The lowest BCUT2D eigenvalue weighted by atomic mass is 10.2. The molecule has 116 valence electrons. The van der Waals surface area contributed by atoms with Gasteiger partial charge in [0.2, 0.25) is 0 Å². The number of nitrogens with zero attached hydrogens (tertiary/aromatic N) is 1. The Labute approximate surface area is 128 Å². The number of hydrogen-bond acceptors (Lipinski definition) is 5. The van der Waals surface area contributed by atoms with Crippen molar-refractivity contribution >= 4 is 22.7 Å². The summed E-state index contributed by atoms with van der Waals surface area (Å²) in [6.07, 6.45) is -2.23. The normalized spacial score (nSPS) is 13.4. The van der Waals surface area contributed by atoms with Crippen LogP contribution in [-0.2, 0) is 6.18 Å². The average molecular weight is 336 g/mol. The molecule has 0 amide bonds. The maximum Gasteiger partial charge on any atom is 0.443 e. The first-order valence-electron chi connectivity index (χ1n) is 6.35. The number of hydrogen-bond donors (Lipinski definition) is 1. The highest BCUT2D eigenvalue weighted by atomic mass is 32.1. The third-order valence-corrected chi connectivity index (χ3v) is 4.86. The Hall–Kier alpha value is -1.12. The van der Waals surface area contributed by atoms with E-state index in [1.54, 1.807) is 7.11 Å². The monoisotopic (exact) mass is 336 g/mol. The second-order valence-corrected chi connectivity index (χ2v) is 6.32. The topological polar surface area (TPSA) is 34.2 Å². The summed E-state index contributed by atoms with van der Waals surface area (Å²) in [6, 6.07) is 1.49. The number of nitrogens with one attached hydrogen (secondary N) is 1. The van der Waals surface area contributed by atoms with Crippen LogP contribution < -0.4 is 10.1 Å². The van der Waals surface area contributed by atoms with Gasteiger partial charge in [-0.15, -0.1) is 22.7 Å². The minimum Gasteiger partial charge on any atom is -0.496 e. The zero-order valence-corrected chi connectivity index (χ0v) is 13.2. The summed E-state index contributed by atoms with van der Waals surface area (Å²) >= 11 is 2.12. The number of alkyl halides is 3. The molecule has 3 nitrogen and oxygen atoms in total. The maximum absolute atomic E-state index is 12.7. The zero-order valence-electron chi connectivity index (χ0n) is 11.5. The first kappa shape index (κ1) is 16.3. The third kappa shape index (κ3) is 3.75. The van der Waals surface area contributed by atoms with Gasteiger partial charge in [-0.25, -0.2) is 4.98 Å². The molecule has 0 aliphatic heterocycles. The Balaban J connectivity index is 2.34. The second-order valence-electron chi connectivity index (χ2n) is 4.31. The predicted molar refractivity (Wildman–Crippen MR) is 78.1 cm³/mol. The summed E-state index contributed by atoms with van der Waals surface area (Å²) in [7, 11) is 1.55. The largest absolute Gasteiger partial charge is 0.496 e. The van der Waals surface area contributed by atoms with Crippen LogP contribution in [0.15, 0.2) is 17.6 Å². The highest BCUT2D eigenvalue weighted by molar-refractivity contribution is 7.12. The minimum atomic E-state index is -4.41. The van der Waals surface area contributed by atoms with Crippen molar-refractivity contribution in [2.24, 2.45) is 0 Å². The van der Waals surface area contributed by atoms with Crippen molar-refractivity contribution in [3.05, 3.63) is 32.4 Å². The number of halogens is 3. The van der Waals surface area contributed by atoms with E-state index in [1.807, 2.05) is 18.4 Å². The molecular formula is C13H15F3N2OS2. The van der Waals surface area contributed by atoms with E-state index < -0.39 is 11.2 Å². The quantitative estimate of drug-likeness (QED) is 0.853. The Kier molecular flexibility index (Phi) is 5.23. The van der Waals surface area contributed by atoms with Gasteiger partial charge in [-0.05, 0) is 24.4 Å². The molecule has 1 N–H and O–H groups in total. The van der Waals surface area contributed by atoms with E-state index in [0.717, 1.165) is 11.3 Å². The van der Waals surface area contributed by atoms with E-state index in [0.29, 0.717) is 28.5 Å². The number of thiazole rings is 1. The fraction of sp³-hybridized carbons (Fsp3) is 0.462.